The van der Waals surface area contributed by atoms with E-state index in [0.717, 1.165) is 24.8 Å². The standard InChI is InChI=1S/C28H38N4O5/c1-28(2,3)15-22(32-25(35)20-14-19(20)16-7-5-4-6-8-16)26(36)31-21(13-17-11-12-29-24(17)34)23(33)27(37)30-18-9-10-18/h4-8,17-22H,9-15H2,1-3H3,(H,29,34)(H,30,37)(H,31,36)(H,32,35)/t17?,19-,20+,21?,22+/m1/s1. The number of amides is 4. The summed E-state index contributed by atoms with van der Waals surface area (Å²) in [5.74, 6) is -2.94. The highest BCUT2D eigenvalue weighted by Crippen LogP contribution is 2.47. The molecule has 4 N–H and O–H groups in total. The number of nitrogens with one attached hydrogen (secondary N) is 4. The number of carbonyl (C=O) groups excluding carboxylic acids is 5. The van der Waals surface area contributed by atoms with Gasteiger partial charge in [0.2, 0.25) is 23.5 Å². The molecule has 37 heavy (non-hydrogen) atoms. The van der Waals surface area contributed by atoms with Crippen molar-refractivity contribution in [3.05, 3.63) is 35.9 Å². The van der Waals surface area contributed by atoms with Crippen molar-refractivity contribution in [3.8, 4) is 0 Å². The van der Waals surface area contributed by atoms with Crippen molar-refractivity contribution in [3.63, 3.8) is 0 Å². The summed E-state index contributed by atoms with van der Waals surface area (Å²) in [7, 11) is 0. The van der Waals surface area contributed by atoms with E-state index in [9.17, 15) is 24.0 Å². The van der Waals surface area contributed by atoms with Crippen molar-refractivity contribution in [2.75, 3.05) is 6.54 Å². The van der Waals surface area contributed by atoms with E-state index < -0.39 is 35.6 Å². The smallest absolute Gasteiger partial charge is 0.289 e. The van der Waals surface area contributed by atoms with Crippen LogP contribution in [0.15, 0.2) is 30.3 Å². The number of hydrogen-bond donors (Lipinski definition) is 4. The number of Topliss-reactive ketones (excluding diaryl/α,β-unsaturated/α-hetero) is 1. The molecule has 1 aromatic rings. The summed E-state index contributed by atoms with van der Waals surface area (Å²) >= 11 is 0. The fourth-order valence-corrected chi connectivity index (χ4v) is 4.95. The molecule has 2 aliphatic carbocycles. The predicted molar refractivity (Wildman–Crippen MR) is 137 cm³/mol. The maximum Gasteiger partial charge on any atom is 0.289 e. The van der Waals surface area contributed by atoms with E-state index in [1.54, 1.807) is 0 Å². The highest BCUT2D eigenvalue weighted by molar-refractivity contribution is 6.38. The van der Waals surface area contributed by atoms with E-state index in [1.165, 1.54) is 0 Å². The van der Waals surface area contributed by atoms with Crippen molar-refractivity contribution in [2.24, 2.45) is 17.3 Å². The van der Waals surface area contributed by atoms with Crippen LogP contribution >= 0.6 is 0 Å². The predicted octanol–water partition coefficient (Wildman–Crippen LogP) is 1.57. The normalized spacial score (nSPS) is 24.4. The Morgan fingerprint density at radius 3 is 2.30 bits per heavy atom. The molecule has 1 heterocycles. The van der Waals surface area contributed by atoms with Gasteiger partial charge in [-0.25, -0.2) is 0 Å². The SMILES string of the molecule is CC(C)(C)C[C@H](NC(=O)[C@H]1C[C@@H]1c1ccccc1)C(=O)NC(CC1CCNC1=O)C(=O)C(=O)NC1CC1. The third kappa shape index (κ3) is 7.40. The monoisotopic (exact) mass is 510 g/mol. The Morgan fingerprint density at radius 2 is 1.70 bits per heavy atom. The van der Waals surface area contributed by atoms with Gasteiger partial charge in [-0.2, -0.15) is 0 Å². The molecule has 5 atom stereocenters. The summed E-state index contributed by atoms with van der Waals surface area (Å²) in [4.78, 5) is 64.3. The number of hydrogen-bond acceptors (Lipinski definition) is 5. The molecule has 1 aromatic carbocycles. The minimum Gasteiger partial charge on any atom is -0.356 e. The lowest BCUT2D eigenvalue weighted by Crippen LogP contribution is -2.55. The second-order valence-corrected chi connectivity index (χ2v) is 11.9. The summed E-state index contributed by atoms with van der Waals surface area (Å²) < 4.78 is 0. The van der Waals surface area contributed by atoms with E-state index in [0.29, 0.717) is 19.4 Å². The van der Waals surface area contributed by atoms with Gasteiger partial charge < -0.3 is 21.3 Å². The van der Waals surface area contributed by atoms with Crippen LogP contribution in [0.4, 0.5) is 0 Å². The zero-order chi connectivity index (χ0) is 26.7. The van der Waals surface area contributed by atoms with Crippen LogP contribution in [0.2, 0.25) is 0 Å². The zero-order valence-electron chi connectivity index (χ0n) is 21.8. The summed E-state index contributed by atoms with van der Waals surface area (Å²) in [5.41, 5.74) is 0.813. The van der Waals surface area contributed by atoms with Gasteiger partial charge in [-0.15, -0.1) is 0 Å². The van der Waals surface area contributed by atoms with Crippen molar-refractivity contribution >= 4 is 29.4 Å². The van der Waals surface area contributed by atoms with Gasteiger partial charge in [0, 0.05) is 24.4 Å². The molecule has 1 aliphatic heterocycles. The quantitative estimate of drug-likeness (QED) is 0.336. The van der Waals surface area contributed by atoms with E-state index in [4.69, 9.17) is 0 Å². The maximum atomic E-state index is 13.5. The number of ketones is 1. The summed E-state index contributed by atoms with van der Waals surface area (Å²) in [6, 6.07) is 7.80. The van der Waals surface area contributed by atoms with Crippen LogP contribution < -0.4 is 21.3 Å². The van der Waals surface area contributed by atoms with Gasteiger partial charge in [0.1, 0.15) is 6.04 Å². The fourth-order valence-electron chi connectivity index (χ4n) is 4.95. The van der Waals surface area contributed by atoms with E-state index >= 15 is 0 Å². The van der Waals surface area contributed by atoms with Crippen LogP contribution in [-0.4, -0.2) is 54.1 Å². The molecular weight excluding hydrogens is 472 g/mol. The Kier molecular flexibility index (Phi) is 7.99. The molecular formula is C28H38N4O5. The largest absolute Gasteiger partial charge is 0.356 e. The average Bonchev–Trinajstić information content (AvgIpc) is 3.77. The third-order valence-corrected chi connectivity index (χ3v) is 7.26. The van der Waals surface area contributed by atoms with Crippen molar-refractivity contribution in [1.29, 1.82) is 0 Å². The Morgan fingerprint density at radius 1 is 1.00 bits per heavy atom. The number of rotatable bonds is 11. The highest BCUT2D eigenvalue weighted by Gasteiger charge is 2.45. The Bertz CT molecular complexity index is 1050. The lowest BCUT2D eigenvalue weighted by atomic mass is 9.87. The van der Waals surface area contributed by atoms with Gasteiger partial charge in [0.05, 0.1) is 6.04 Å². The van der Waals surface area contributed by atoms with Crippen LogP contribution in [0.5, 0.6) is 0 Å². The van der Waals surface area contributed by atoms with E-state index in [1.807, 2.05) is 51.1 Å². The van der Waals surface area contributed by atoms with E-state index in [-0.39, 0.29) is 41.5 Å². The summed E-state index contributed by atoms with van der Waals surface area (Å²) in [5, 5.41) is 11.0. The Labute approximate surface area is 217 Å². The molecule has 4 rings (SSSR count). The molecule has 2 unspecified atom stereocenters. The second kappa shape index (κ2) is 11.0. The highest BCUT2D eigenvalue weighted by atomic mass is 16.2. The maximum absolute atomic E-state index is 13.5. The van der Waals surface area contributed by atoms with Gasteiger partial charge >= 0.3 is 0 Å². The molecule has 0 aromatic heterocycles. The Hall–Kier alpha value is -3.23. The number of benzene rings is 1. The minimum absolute atomic E-state index is 0.00777. The molecule has 9 heteroatoms. The van der Waals surface area contributed by atoms with Gasteiger partial charge in [0.25, 0.3) is 5.91 Å². The van der Waals surface area contributed by atoms with Gasteiger partial charge in [-0.05, 0) is 55.4 Å². The minimum atomic E-state index is -1.14. The summed E-state index contributed by atoms with van der Waals surface area (Å²) in [6.07, 6.45) is 3.31. The molecule has 1 saturated heterocycles. The second-order valence-electron chi connectivity index (χ2n) is 11.9. The summed E-state index contributed by atoms with van der Waals surface area (Å²) in [6.45, 7) is 6.41. The molecule has 3 aliphatic rings. The van der Waals surface area contributed by atoms with Crippen molar-refractivity contribution < 1.29 is 24.0 Å². The van der Waals surface area contributed by atoms with Crippen LogP contribution in [0.1, 0.15) is 70.8 Å². The van der Waals surface area contributed by atoms with Gasteiger partial charge in [-0.1, -0.05) is 51.1 Å². The zero-order valence-corrected chi connectivity index (χ0v) is 21.8. The van der Waals surface area contributed by atoms with E-state index in [2.05, 4.69) is 21.3 Å². The Balaban J connectivity index is 1.44. The first-order chi connectivity index (χ1) is 17.5. The lowest BCUT2D eigenvalue weighted by molar-refractivity contribution is -0.141. The molecule has 0 bridgehead atoms. The number of carbonyl (C=O) groups is 5. The van der Waals surface area contributed by atoms with Crippen LogP contribution in [0, 0.1) is 17.3 Å². The molecule has 0 spiro atoms. The molecule has 200 valence electrons. The first-order valence-corrected chi connectivity index (χ1v) is 13.3. The first kappa shape index (κ1) is 26.8. The van der Waals surface area contributed by atoms with Crippen LogP contribution in [-0.2, 0) is 24.0 Å². The lowest BCUT2D eigenvalue weighted by Gasteiger charge is -2.28. The molecule has 9 nitrogen and oxygen atoms in total. The molecule has 3 fully saturated rings. The topological polar surface area (TPSA) is 133 Å². The van der Waals surface area contributed by atoms with Gasteiger partial charge in [0.15, 0.2) is 0 Å². The van der Waals surface area contributed by atoms with Crippen molar-refractivity contribution in [2.45, 2.75) is 83.3 Å². The van der Waals surface area contributed by atoms with Crippen LogP contribution in [0.25, 0.3) is 0 Å². The fraction of sp³-hybridized carbons (Fsp3) is 0.607. The average molecular weight is 511 g/mol. The van der Waals surface area contributed by atoms with Crippen molar-refractivity contribution in [1.82, 2.24) is 21.3 Å². The molecule has 2 saturated carbocycles. The third-order valence-electron chi connectivity index (χ3n) is 7.26. The molecule has 0 radical (unpaired) electrons. The van der Waals surface area contributed by atoms with Gasteiger partial charge in [-0.3, -0.25) is 24.0 Å². The first-order valence-electron chi connectivity index (χ1n) is 13.3. The van der Waals surface area contributed by atoms with Crippen LogP contribution in [0.3, 0.4) is 0 Å². The molecule has 4 amide bonds.